The van der Waals surface area contributed by atoms with E-state index < -0.39 is 0 Å². The Morgan fingerprint density at radius 1 is 1.40 bits per heavy atom. The van der Waals surface area contributed by atoms with E-state index in [9.17, 15) is 4.39 Å². The number of nitrogens with two attached hydrogens (primary N) is 1. The second-order valence-electron chi connectivity index (χ2n) is 4.59. The van der Waals surface area contributed by atoms with Crippen LogP contribution in [-0.4, -0.2) is 16.4 Å². The quantitative estimate of drug-likeness (QED) is 0.803. The standard InChI is InChI=1S/C14H15FN4S/c1-18(9-10-4-2-3-5-11(10)15)13-12(8-16)19-6-7-20-14(19)17-13/h2-7H,8-9,16H2,1H3. The average Bonchev–Trinajstić information content (AvgIpc) is 3.01. The van der Waals surface area contributed by atoms with Crippen molar-refractivity contribution in [3.05, 3.63) is 52.9 Å². The molecule has 4 nitrogen and oxygen atoms in total. The van der Waals surface area contributed by atoms with Crippen molar-refractivity contribution in [2.45, 2.75) is 13.1 Å². The highest BCUT2D eigenvalue weighted by Gasteiger charge is 2.16. The number of thiazole rings is 1. The van der Waals surface area contributed by atoms with Gasteiger partial charge in [0.15, 0.2) is 10.8 Å². The molecule has 0 spiro atoms. The molecule has 2 aromatic heterocycles. The summed E-state index contributed by atoms with van der Waals surface area (Å²) in [5, 5.41) is 1.97. The molecule has 0 fully saturated rings. The maximum atomic E-state index is 13.7. The Kier molecular flexibility index (Phi) is 3.42. The van der Waals surface area contributed by atoms with E-state index in [-0.39, 0.29) is 5.82 Å². The predicted octanol–water partition coefficient (Wildman–Crippen LogP) is 2.63. The lowest BCUT2D eigenvalue weighted by atomic mass is 10.2. The van der Waals surface area contributed by atoms with E-state index in [0.717, 1.165) is 16.5 Å². The number of anilines is 1. The van der Waals surface area contributed by atoms with Gasteiger partial charge < -0.3 is 10.6 Å². The normalized spacial score (nSPS) is 11.2. The Labute approximate surface area is 120 Å². The minimum atomic E-state index is -0.199. The van der Waals surface area contributed by atoms with E-state index in [1.54, 1.807) is 23.5 Å². The Morgan fingerprint density at radius 2 is 2.20 bits per heavy atom. The number of hydrogen-bond acceptors (Lipinski definition) is 4. The van der Waals surface area contributed by atoms with E-state index in [1.165, 1.54) is 6.07 Å². The summed E-state index contributed by atoms with van der Waals surface area (Å²) in [6.45, 7) is 0.860. The van der Waals surface area contributed by atoms with Crippen LogP contribution in [0.15, 0.2) is 35.8 Å². The summed E-state index contributed by atoms with van der Waals surface area (Å²) >= 11 is 1.56. The lowest BCUT2D eigenvalue weighted by Gasteiger charge is -2.18. The van der Waals surface area contributed by atoms with Crippen molar-refractivity contribution in [2.75, 3.05) is 11.9 Å². The fraction of sp³-hybridized carbons (Fsp3) is 0.214. The molecule has 3 rings (SSSR count). The number of halogens is 1. The van der Waals surface area contributed by atoms with Crippen LogP contribution in [0.1, 0.15) is 11.3 Å². The summed E-state index contributed by atoms with van der Waals surface area (Å²) in [7, 11) is 1.90. The van der Waals surface area contributed by atoms with Gasteiger partial charge in [0, 0.05) is 37.3 Å². The molecule has 20 heavy (non-hydrogen) atoms. The molecule has 6 heteroatoms. The van der Waals surface area contributed by atoms with Crippen molar-refractivity contribution in [3.8, 4) is 0 Å². The molecule has 3 aromatic rings. The number of rotatable bonds is 4. The summed E-state index contributed by atoms with van der Waals surface area (Å²) in [6, 6.07) is 6.78. The van der Waals surface area contributed by atoms with Gasteiger partial charge in [0.25, 0.3) is 0 Å². The summed E-state index contributed by atoms with van der Waals surface area (Å²) in [6.07, 6.45) is 1.95. The third-order valence-corrected chi connectivity index (χ3v) is 4.02. The summed E-state index contributed by atoms with van der Waals surface area (Å²) < 4.78 is 15.7. The van der Waals surface area contributed by atoms with Gasteiger partial charge in [-0.15, -0.1) is 11.3 Å². The van der Waals surface area contributed by atoms with Crippen LogP contribution in [0, 0.1) is 5.82 Å². The van der Waals surface area contributed by atoms with Crippen molar-refractivity contribution in [2.24, 2.45) is 5.73 Å². The second kappa shape index (κ2) is 5.22. The van der Waals surface area contributed by atoms with Gasteiger partial charge in [-0.2, -0.15) is 0 Å². The van der Waals surface area contributed by atoms with Gasteiger partial charge >= 0.3 is 0 Å². The summed E-state index contributed by atoms with van der Waals surface area (Å²) in [5.41, 5.74) is 7.42. The maximum Gasteiger partial charge on any atom is 0.195 e. The first-order chi connectivity index (χ1) is 9.70. The number of benzene rings is 1. The van der Waals surface area contributed by atoms with Crippen LogP contribution >= 0.6 is 11.3 Å². The van der Waals surface area contributed by atoms with Crippen molar-refractivity contribution in [1.82, 2.24) is 9.38 Å². The molecule has 0 unspecified atom stereocenters. The molecule has 2 heterocycles. The number of fused-ring (bicyclic) bond motifs is 1. The molecule has 0 saturated carbocycles. The van der Waals surface area contributed by atoms with Crippen molar-refractivity contribution in [3.63, 3.8) is 0 Å². The molecule has 0 radical (unpaired) electrons. The average molecular weight is 290 g/mol. The molecule has 0 aliphatic heterocycles. The van der Waals surface area contributed by atoms with Crippen molar-refractivity contribution in [1.29, 1.82) is 0 Å². The fourth-order valence-corrected chi connectivity index (χ4v) is 3.00. The van der Waals surface area contributed by atoms with Gasteiger partial charge in [-0.25, -0.2) is 9.37 Å². The topological polar surface area (TPSA) is 46.6 Å². The molecule has 2 N–H and O–H groups in total. The van der Waals surface area contributed by atoms with Gasteiger partial charge in [0.05, 0.1) is 5.69 Å². The van der Waals surface area contributed by atoms with Crippen LogP contribution in [0.5, 0.6) is 0 Å². The van der Waals surface area contributed by atoms with E-state index in [1.807, 2.05) is 34.0 Å². The third-order valence-electron chi connectivity index (χ3n) is 3.26. The summed E-state index contributed by atoms with van der Waals surface area (Å²) in [4.78, 5) is 7.41. The number of nitrogens with zero attached hydrogens (tertiary/aromatic N) is 3. The van der Waals surface area contributed by atoms with E-state index in [2.05, 4.69) is 4.98 Å². The Morgan fingerprint density at radius 3 is 2.95 bits per heavy atom. The second-order valence-corrected chi connectivity index (χ2v) is 5.46. The van der Waals surface area contributed by atoms with Gasteiger partial charge in [-0.3, -0.25) is 4.40 Å². The Hall–Kier alpha value is -1.92. The fourth-order valence-electron chi connectivity index (χ4n) is 2.27. The molecule has 0 aliphatic carbocycles. The molecule has 0 bridgehead atoms. The van der Waals surface area contributed by atoms with Crippen LogP contribution in [0.4, 0.5) is 10.2 Å². The van der Waals surface area contributed by atoms with Crippen molar-refractivity contribution >= 4 is 22.1 Å². The van der Waals surface area contributed by atoms with E-state index in [4.69, 9.17) is 5.73 Å². The van der Waals surface area contributed by atoms with Gasteiger partial charge in [0.1, 0.15) is 5.82 Å². The molecule has 0 aliphatic rings. The van der Waals surface area contributed by atoms with Gasteiger partial charge in [-0.05, 0) is 6.07 Å². The van der Waals surface area contributed by atoms with E-state index in [0.29, 0.717) is 18.7 Å². The molecular formula is C14H15FN4S. The van der Waals surface area contributed by atoms with Gasteiger partial charge in [-0.1, -0.05) is 18.2 Å². The molecule has 0 amide bonds. The monoisotopic (exact) mass is 290 g/mol. The zero-order valence-electron chi connectivity index (χ0n) is 11.1. The minimum absolute atomic E-state index is 0.199. The molecule has 1 aromatic carbocycles. The first-order valence-electron chi connectivity index (χ1n) is 6.29. The lowest BCUT2D eigenvalue weighted by Crippen LogP contribution is -2.20. The maximum absolute atomic E-state index is 13.7. The molecule has 0 saturated heterocycles. The first kappa shape index (κ1) is 13.1. The first-order valence-corrected chi connectivity index (χ1v) is 7.17. The Balaban J connectivity index is 1.94. The number of imidazole rings is 1. The SMILES string of the molecule is CN(Cc1ccccc1F)c1nc2sccn2c1CN. The van der Waals surface area contributed by atoms with Gasteiger partial charge in [0.2, 0.25) is 0 Å². The smallest absolute Gasteiger partial charge is 0.195 e. The van der Waals surface area contributed by atoms with Crippen molar-refractivity contribution < 1.29 is 4.39 Å². The van der Waals surface area contributed by atoms with Crippen LogP contribution in [0.2, 0.25) is 0 Å². The lowest BCUT2D eigenvalue weighted by molar-refractivity contribution is 0.607. The summed E-state index contributed by atoms with van der Waals surface area (Å²) in [5.74, 6) is 0.609. The molecule has 104 valence electrons. The highest BCUT2D eigenvalue weighted by molar-refractivity contribution is 7.15. The highest BCUT2D eigenvalue weighted by Crippen LogP contribution is 2.25. The number of aromatic nitrogens is 2. The zero-order valence-corrected chi connectivity index (χ0v) is 11.9. The third kappa shape index (κ3) is 2.17. The van der Waals surface area contributed by atoms with E-state index >= 15 is 0 Å². The predicted molar refractivity (Wildman–Crippen MR) is 79.5 cm³/mol. The molecule has 0 atom stereocenters. The van der Waals surface area contributed by atoms with Crippen LogP contribution in [-0.2, 0) is 13.1 Å². The number of hydrogen-bond donors (Lipinski definition) is 1. The largest absolute Gasteiger partial charge is 0.354 e. The highest BCUT2D eigenvalue weighted by atomic mass is 32.1. The Bertz CT molecular complexity index is 734. The molecular weight excluding hydrogens is 275 g/mol. The van der Waals surface area contributed by atoms with Crippen LogP contribution < -0.4 is 10.6 Å². The zero-order chi connectivity index (χ0) is 14.1. The minimum Gasteiger partial charge on any atom is -0.354 e. The van der Waals surface area contributed by atoms with Crippen LogP contribution in [0.25, 0.3) is 4.96 Å². The van der Waals surface area contributed by atoms with Crippen LogP contribution in [0.3, 0.4) is 0 Å².